The van der Waals surface area contributed by atoms with Crippen molar-refractivity contribution in [1.29, 1.82) is 5.26 Å². The summed E-state index contributed by atoms with van der Waals surface area (Å²) in [5.41, 5.74) is 1.42. The Labute approximate surface area is 134 Å². The highest BCUT2D eigenvalue weighted by Gasteiger charge is 2.32. The van der Waals surface area contributed by atoms with Crippen LogP contribution in [0.5, 0.6) is 0 Å². The van der Waals surface area contributed by atoms with Gasteiger partial charge in [0.2, 0.25) is 5.91 Å². The molecular weight excluding hydrogens is 294 g/mol. The fourth-order valence-electron chi connectivity index (χ4n) is 3.14. The Morgan fingerprint density at radius 2 is 2.35 bits per heavy atom. The molecule has 1 saturated heterocycles. The van der Waals surface area contributed by atoms with Crippen LogP contribution in [0.3, 0.4) is 0 Å². The van der Waals surface area contributed by atoms with E-state index in [4.69, 9.17) is 5.26 Å². The second kappa shape index (κ2) is 6.20. The maximum atomic E-state index is 12.0. The van der Waals surface area contributed by atoms with Gasteiger partial charge in [0.1, 0.15) is 18.3 Å². The monoisotopic (exact) mass is 313 g/mol. The van der Waals surface area contributed by atoms with Crippen LogP contribution in [-0.4, -0.2) is 56.9 Å². The summed E-state index contributed by atoms with van der Waals surface area (Å²) in [6.45, 7) is 3.48. The molecule has 8 heteroatoms. The van der Waals surface area contributed by atoms with Crippen molar-refractivity contribution < 1.29 is 4.79 Å². The zero-order valence-corrected chi connectivity index (χ0v) is 13.2. The number of piperidine rings is 1. The summed E-state index contributed by atoms with van der Waals surface area (Å²) in [4.78, 5) is 31.6. The van der Waals surface area contributed by atoms with Crippen LogP contribution >= 0.6 is 0 Å². The van der Waals surface area contributed by atoms with Crippen molar-refractivity contribution >= 4 is 22.9 Å². The van der Waals surface area contributed by atoms with Crippen LogP contribution < -0.4 is 4.90 Å². The van der Waals surface area contributed by atoms with E-state index in [0.717, 1.165) is 17.8 Å². The largest absolute Gasteiger partial charge is 0.353 e. The average molecular weight is 313 g/mol. The smallest absolute Gasteiger partial charge is 0.236 e. The number of carbonyl (C=O) groups excluding carboxylic acids is 1. The van der Waals surface area contributed by atoms with Crippen molar-refractivity contribution in [2.75, 3.05) is 25.0 Å². The molecule has 3 heterocycles. The Bertz CT molecular complexity index is 750. The van der Waals surface area contributed by atoms with Crippen LogP contribution in [0.15, 0.2) is 12.7 Å². The number of fused-ring (bicyclic) bond motifs is 1. The Hall–Kier alpha value is -2.69. The molecule has 1 fully saturated rings. The predicted octanol–water partition coefficient (Wildman–Crippen LogP) is 0.940. The molecule has 2 atom stereocenters. The number of hydrogen-bond acceptors (Lipinski definition) is 6. The fraction of sp³-hybridized carbons (Fsp3) is 0.533. The molecule has 0 aromatic carbocycles. The summed E-state index contributed by atoms with van der Waals surface area (Å²) >= 11 is 0. The molecule has 23 heavy (non-hydrogen) atoms. The van der Waals surface area contributed by atoms with E-state index in [2.05, 4.69) is 31.8 Å². The van der Waals surface area contributed by atoms with Gasteiger partial charge in [-0.1, -0.05) is 6.92 Å². The first kappa shape index (κ1) is 15.2. The predicted molar refractivity (Wildman–Crippen MR) is 84.5 cm³/mol. The molecular formula is C15H19N7O. The number of nitrogens with zero attached hydrogens (tertiary/aromatic N) is 6. The van der Waals surface area contributed by atoms with E-state index in [1.807, 2.05) is 13.1 Å². The number of hydrogen-bond donors (Lipinski definition) is 1. The minimum atomic E-state index is -0.104. The summed E-state index contributed by atoms with van der Waals surface area (Å²) < 4.78 is 0. The van der Waals surface area contributed by atoms with Crippen LogP contribution in [0.4, 0.5) is 5.82 Å². The first-order chi connectivity index (χ1) is 11.1. The molecule has 8 nitrogen and oxygen atoms in total. The summed E-state index contributed by atoms with van der Waals surface area (Å²) in [5.74, 6) is 1.09. The van der Waals surface area contributed by atoms with E-state index in [-0.39, 0.29) is 18.4 Å². The molecule has 0 bridgehead atoms. The highest BCUT2D eigenvalue weighted by molar-refractivity contribution is 5.83. The lowest BCUT2D eigenvalue weighted by Gasteiger charge is -2.42. The fourth-order valence-corrected chi connectivity index (χ4v) is 3.14. The summed E-state index contributed by atoms with van der Waals surface area (Å²) in [5, 5.41) is 8.73. The zero-order chi connectivity index (χ0) is 16.4. The van der Waals surface area contributed by atoms with Gasteiger partial charge in [-0.15, -0.1) is 0 Å². The van der Waals surface area contributed by atoms with E-state index >= 15 is 0 Å². The minimum Gasteiger partial charge on any atom is -0.353 e. The molecule has 1 N–H and O–H groups in total. The quantitative estimate of drug-likeness (QED) is 0.905. The number of likely N-dealkylation sites (N-methyl/N-ethyl adjacent to an activating group) is 1. The highest BCUT2D eigenvalue weighted by Crippen LogP contribution is 2.27. The van der Waals surface area contributed by atoms with E-state index in [1.165, 1.54) is 6.33 Å². The Balaban J connectivity index is 1.85. The molecule has 1 amide bonds. The number of nitrogens with one attached hydrogen (secondary N) is 1. The molecule has 1 aliphatic heterocycles. The number of nitriles is 1. The SMILES string of the molecule is C[C@@H]1CCN(C(=O)CC#N)C[C@@H]1N(C)c1ncnc2nc[nH]c12. The molecule has 0 radical (unpaired) electrons. The minimum absolute atomic E-state index is 0.0664. The van der Waals surface area contributed by atoms with E-state index in [0.29, 0.717) is 24.7 Å². The second-order valence-electron chi connectivity index (χ2n) is 5.92. The molecule has 120 valence electrons. The normalized spacial score (nSPS) is 21.2. The standard InChI is InChI=1S/C15H19N7O/c1-10-4-6-22(12(23)3-5-16)7-11(10)21(2)15-13-14(18-8-17-13)19-9-20-15/h8-11H,3-4,6-7H2,1-2H3,(H,17,18,19,20)/t10-,11+/m1/s1. The number of aromatic nitrogens is 4. The molecule has 0 aliphatic carbocycles. The van der Waals surface area contributed by atoms with Crippen molar-refractivity contribution in [2.45, 2.75) is 25.8 Å². The van der Waals surface area contributed by atoms with Gasteiger partial charge in [0, 0.05) is 20.1 Å². The lowest BCUT2D eigenvalue weighted by molar-refractivity contribution is -0.131. The van der Waals surface area contributed by atoms with Crippen molar-refractivity contribution in [2.24, 2.45) is 5.92 Å². The molecule has 2 aromatic heterocycles. The Morgan fingerprint density at radius 3 is 3.13 bits per heavy atom. The number of rotatable bonds is 3. The van der Waals surface area contributed by atoms with Crippen LogP contribution in [0.2, 0.25) is 0 Å². The molecule has 2 aromatic rings. The Morgan fingerprint density at radius 1 is 1.52 bits per heavy atom. The van der Waals surface area contributed by atoms with E-state index < -0.39 is 0 Å². The van der Waals surface area contributed by atoms with Gasteiger partial charge >= 0.3 is 0 Å². The van der Waals surface area contributed by atoms with Gasteiger partial charge in [-0.25, -0.2) is 15.0 Å². The molecule has 1 aliphatic rings. The van der Waals surface area contributed by atoms with Crippen LogP contribution in [0, 0.1) is 17.2 Å². The van der Waals surface area contributed by atoms with Crippen molar-refractivity contribution in [1.82, 2.24) is 24.8 Å². The van der Waals surface area contributed by atoms with Crippen LogP contribution in [0.1, 0.15) is 19.8 Å². The van der Waals surface area contributed by atoms with Gasteiger partial charge in [0.05, 0.1) is 18.4 Å². The third-order valence-corrected chi connectivity index (χ3v) is 4.54. The maximum absolute atomic E-state index is 12.0. The van der Waals surface area contributed by atoms with Gasteiger partial charge in [-0.3, -0.25) is 4.79 Å². The number of H-pyrrole nitrogens is 1. The average Bonchev–Trinajstić information content (AvgIpc) is 3.03. The lowest BCUT2D eigenvalue weighted by atomic mass is 9.92. The second-order valence-corrected chi connectivity index (χ2v) is 5.92. The molecule has 3 rings (SSSR count). The van der Waals surface area contributed by atoms with Crippen LogP contribution in [0.25, 0.3) is 11.2 Å². The Kier molecular flexibility index (Phi) is 4.10. The van der Waals surface area contributed by atoms with E-state index in [1.54, 1.807) is 11.2 Å². The van der Waals surface area contributed by atoms with Gasteiger partial charge in [-0.05, 0) is 12.3 Å². The van der Waals surface area contributed by atoms with Crippen molar-refractivity contribution in [3.8, 4) is 6.07 Å². The summed E-state index contributed by atoms with van der Waals surface area (Å²) in [6.07, 6.45) is 3.94. The van der Waals surface area contributed by atoms with Crippen molar-refractivity contribution in [3.05, 3.63) is 12.7 Å². The number of likely N-dealkylation sites (tertiary alicyclic amines) is 1. The zero-order valence-electron chi connectivity index (χ0n) is 13.2. The van der Waals surface area contributed by atoms with Gasteiger partial charge in [0.25, 0.3) is 0 Å². The number of anilines is 1. The first-order valence-corrected chi connectivity index (χ1v) is 7.63. The summed E-state index contributed by atoms with van der Waals surface area (Å²) in [7, 11) is 1.97. The highest BCUT2D eigenvalue weighted by atomic mass is 16.2. The van der Waals surface area contributed by atoms with Gasteiger partial charge < -0.3 is 14.8 Å². The third kappa shape index (κ3) is 2.82. The van der Waals surface area contributed by atoms with E-state index in [9.17, 15) is 4.79 Å². The maximum Gasteiger partial charge on any atom is 0.236 e. The number of carbonyl (C=O) groups is 1. The number of imidazole rings is 1. The number of amides is 1. The molecule has 0 saturated carbocycles. The topological polar surface area (TPSA) is 102 Å². The molecule has 0 unspecified atom stereocenters. The molecule has 0 spiro atoms. The number of aromatic amines is 1. The van der Waals surface area contributed by atoms with Crippen LogP contribution in [-0.2, 0) is 4.79 Å². The summed E-state index contributed by atoms with van der Waals surface area (Å²) in [6, 6.07) is 2.07. The van der Waals surface area contributed by atoms with Crippen molar-refractivity contribution in [3.63, 3.8) is 0 Å². The third-order valence-electron chi connectivity index (χ3n) is 4.54. The van der Waals surface area contributed by atoms with Gasteiger partial charge in [0.15, 0.2) is 11.5 Å². The van der Waals surface area contributed by atoms with Gasteiger partial charge in [-0.2, -0.15) is 5.26 Å². The first-order valence-electron chi connectivity index (χ1n) is 7.63. The lowest BCUT2D eigenvalue weighted by Crippen LogP contribution is -2.52.